The van der Waals surface area contributed by atoms with Crippen molar-refractivity contribution in [3.63, 3.8) is 0 Å². The molecule has 0 aromatic carbocycles. The molecule has 116 valence electrons. The second kappa shape index (κ2) is 5.97. The summed E-state index contributed by atoms with van der Waals surface area (Å²) in [7, 11) is 1.34. The van der Waals surface area contributed by atoms with E-state index in [1.165, 1.54) is 26.2 Å². The number of rotatable bonds is 3. The van der Waals surface area contributed by atoms with E-state index in [1.807, 2.05) is 0 Å². The highest BCUT2D eigenvalue weighted by Crippen LogP contribution is 2.33. The van der Waals surface area contributed by atoms with Gasteiger partial charge in [-0.3, -0.25) is 4.90 Å². The van der Waals surface area contributed by atoms with Crippen molar-refractivity contribution in [2.75, 3.05) is 7.05 Å². The van der Waals surface area contributed by atoms with Crippen molar-refractivity contribution in [3.8, 4) is 0 Å². The van der Waals surface area contributed by atoms with Crippen molar-refractivity contribution >= 4 is 24.0 Å². The lowest BCUT2D eigenvalue weighted by atomic mass is 9.93. The summed E-state index contributed by atoms with van der Waals surface area (Å²) in [6.45, 7) is 6.44. The number of pyridine rings is 1. The molecule has 1 aromatic heterocycles. The van der Waals surface area contributed by atoms with Crippen LogP contribution in [0.4, 0.5) is 9.18 Å². The maximum absolute atomic E-state index is 14.0. The zero-order valence-corrected chi connectivity index (χ0v) is 13.4. The summed E-state index contributed by atoms with van der Waals surface area (Å²) in [5, 5.41) is 0.00695. The second-order valence-electron chi connectivity index (χ2n) is 5.76. The third-order valence-electron chi connectivity index (χ3n) is 2.95. The highest BCUT2D eigenvalue weighted by atomic mass is 35.5. The minimum atomic E-state index is -1.63. The number of hydrogen-bond acceptors (Lipinski definition) is 4. The van der Waals surface area contributed by atoms with Crippen LogP contribution >= 0.6 is 11.6 Å². The number of carbonyl (C=O) groups is 2. The van der Waals surface area contributed by atoms with Gasteiger partial charge in [0.25, 0.3) is 0 Å². The first-order valence-corrected chi connectivity index (χ1v) is 6.64. The van der Waals surface area contributed by atoms with Gasteiger partial charge in [-0.05, 0) is 33.8 Å². The van der Waals surface area contributed by atoms with E-state index in [-0.39, 0.29) is 10.6 Å². The normalized spacial score (nSPS) is 14.2. The van der Waals surface area contributed by atoms with E-state index in [0.717, 1.165) is 4.90 Å². The standard InChI is InChI=1S/C14H18ClFN2O3/c1-13(2,3)21-12(20)18(5)14(4,8-19)10-9(15)6-7-17-11(10)16/h6-8H,1-5H3. The molecular weight excluding hydrogens is 299 g/mol. The van der Waals surface area contributed by atoms with Crippen molar-refractivity contribution in [1.82, 2.24) is 9.88 Å². The average Bonchev–Trinajstić information content (AvgIpc) is 2.35. The Morgan fingerprint density at radius 1 is 1.43 bits per heavy atom. The molecule has 1 unspecified atom stereocenters. The van der Waals surface area contributed by atoms with Crippen LogP contribution in [-0.4, -0.2) is 34.9 Å². The van der Waals surface area contributed by atoms with Gasteiger partial charge in [0, 0.05) is 13.2 Å². The lowest BCUT2D eigenvalue weighted by Gasteiger charge is -2.35. The number of carbonyl (C=O) groups excluding carboxylic acids is 2. The van der Waals surface area contributed by atoms with Gasteiger partial charge in [-0.1, -0.05) is 11.6 Å². The molecule has 0 aliphatic rings. The minimum absolute atomic E-state index is 0.00695. The van der Waals surface area contributed by atoms with E-state index in [1.54, 1.807) is 20.8 Å². The first kappa shape index (κ1) is 17.4. The molecule has 1 rings (SSSR count). The van der Waals surface area contributed by atoms with Crippen LogP contribution in [-0.2, 0) is 15.1 Å². The third kappa shape index (κ3) is 3.69. The van der Waals surface area contributed by atoms with Gasteiger partial charge in [0.05, 0.1) is 10.6 Å². The third-order valence-corrected chi connectivity index (χ3v) is 3.27. The fourth-order valence-electron chi connectivity index (χ4n) is 1.69. The van der Waals surface area contributed by atoms with Crippen molar-refractivity contribution in [2.24, 2.45) is 0 Å². The molecule has 0 aliphatic heterocycles. The number of aldehydes is 1. The van der Waals surface area contributed by atoms with Crippen LogP contribution in [0.2, 0.25) is 5.02 Å². The Bertz CT molecular complexity index is 539. The number of hydrogen-bond donors (Lipinski definition) is 0. The predicted molar refractivity (Wildman–Crippen MR) is 76.6 cm³/mol. The van der Waals surface area contributed by atoms with E-state index in [4.69, 9.17) is 16.3 Å². The maximum Gasteiger partial charge on any atom is 0.411 e. The molecule has 0 bridgehead atoms. The summed E-state index contributed by atoms with van der Waals surface area (Å²) in [5.74, 6) is -0.910. The molecule has 0 saturated carbocycles. The summed E-state index contributed by atoms with van der Waals surface area (Å²) in [6, 6.07) is 1.35. The average molecular weight is 317 g/mol. The fourth-order valence-corrected chi connectivity index (χ4v) is 2.02. The largest absolute Gasteiger partial charge is 0.444 e. The maximum atomic E-state index is 14.0. The van der Waals surface area contributed by atoms with E-state index >= 15 is 0 Å². The van der Waals surface area contributed by atoms with Gasteiger partial charge in [-0.25, -0.2) is 9.78 Å². The molecule has 1 heterocycles. The van der Waals surface area contributed by atoms with E-state index in [9.17, 15) is 14.0 Å². The summed E-state index contributed by atoms with van der Waals surface area (Å²) in [6.07, 6.45) is 0.847. The van der Waals surface area contributed by atoms with Crippen LogP contribution in [0.1, 0.15) is 33.3 Å². The smallest absolute Gasteiger partial charge is 0.411 e. The van der Waals surface area contributed by atoms with Crippen molar-refractivity contribution in [1.29, 1.82) is 0 Å². The molecule has 0 fully saturated rings. The zero-order valence-electron chi connectivity index (χ0n) is 12.6. The first-order chi connectivity index (χ1) is 9.53. The van der Waals surface area contributed by atoms with Crippen molar-refractivity contribution in [3.05, 3.63) is 28.8 Å². The molecule has 1 aromatic rings. The van der Waals surface area contributed by atoms with Gasteiger partial charge in [-0.15, -0.1) is 0 Å². The van der Waals surface area contributed by atoms with E-state index in [0.29, 0.717) is 6.29 Å². The van der Waals surface area contributed by atoms with Crippen LogP contribution < -0.4 is 0 Å². The molecule has 21 heavy (non-hydrogen) atoms. The zero-order chi connectivity index (χ0) is 16.4. The Morgan fingerprint density at radius 3 is 2.43 bits per heavy atom. The number of aromatic nitrogens is 1. The first-order valence-electron chi connectivity index (χ1n) is 6.26. The van der Waals surface area contributed by atoms with Crippen LogP contribution in [0.5, 0.6) is 0 Å². The molecule has 1 atom stereocenters. The number of halogens is 2. The Morgan fingerprint density at radius 2 is 2.00 bits per heavy atom. The Kier molecular flexibility index (Phi) is 4.94. The Labute approximate surface area is 128 Å². The van der Waals surface area contributed by atoms with E-state index in [2.05, 4.69) is 4.98 Å². The Hall–Kier alpha value is -1.69. The topological polar surface area (TPSA) is 59.5 Å². The van der Waals surface area contributed by atoms with Gasteiger partial charge in [0.15, 0.2) is 0 Å². The van der Waals surface area contributed by atoms with Crippen molar-refractivity contribution < 1.29 is 18.7 Å². The van der Waals surface area contributed by atoms with Crippen LogP contribution in [0.15, 0.2) is 12.3 Å². The highest BCUT2D eigenvalue weighted by molar-refractivity contribution is 6.31. The lowest BCUT2D eigenvalue weighted by Crippen LogP contribution is -2.49. The molecule has 7 heteroatoms. The lowest BCUT2D eigenvalue weighted by molar-refractivity contribution is -0.117. The molecule has 1 amide bonds. The van der Waals surface area contributed by atoms with E-state index < -0.39 is 23.2 Å². The van der Waals surface area contributed by atoms with Crippen molar-refractivity contribution in [2.45, 2.75) is 38.8 Å². The second-order valence-corrected chi connectivity index (χ2v) is 6.17. The van der Waals surface area contributed by atoms with Crippen LogP contribution in [0.25, 0.3) is 0 Å². The molecule has 0 aliphatic carbocycles. The number of ether oxygens (including phenoxy) is 1. The number of nitrogens with zero attached hydrogens (tertiary/aromatic N) is 2. The van der Waals surface area contributed by atoms with Gasteiger partial charge in [0.1, 0.15) is 17.4 Å². The highest BCUT2D eigenvalue weighted by Gasteiger charge is 2.40. The summed E-state index contributed by atoms with van der Waals surface area (Å²) >= 11 is 5.96. The van der Waals surface area contributed by atoms with Gasteiger partial charge in [0.2, 0.25) is 5.95 Å². The van der Waals surface area contributed by atoms with Gasteiger partial charge in [-0.2, -0.15) is 4.39 Å². The number of likely N-dealkylation sites (N-methyl/N-ethyl adjacent to an activating group) is 1. The van der Waals surface area contributed by atoms with Crippen LogP contribution in [0, 0.1) is 5.95 Å². The molecule has 0 N–H and O–H groups in total. The molecule has 0 saturated heterocycles. The summed E-state index contributed by atoms with van der Waals surface area (Å²) < 4.78 is 19.2. The fraction of sp³-hybridized carbons (Fsp3) is 0.500. The molecule has 0 spiro atoms. The summed E-state index contributed by atoms with van der Waals surface area (Å²) in [5.41, 5.74) is -2.54. The van der Waals surface area contributed by atoms with Gasteiger partial charge >= 0.3 is 6.09 Å². The van der Waals surface area contributed by atoms with Crippen LogP contribution in [0.3, 0.4) is 0 Å². The van der Waals surface area contributed by atoms with Gasteiger partial charge < -0.3 is 9.53 Å². The monoisotopic (exact) mass is 316 g/mol. The predicted octanol–water partition coefficient (Wildman–Crippen LogP) is 3.16. The molecule has 5 nitrogen and oxygen atoms in total. The minimum Gasteiger partial charge on any atom is -0.444 e. The SMILES string of the molecule is CN(C(=O)OC(C)(C)C)C(C)(C=O)c1c(Cl)ccnc1F. The number of amides is 1. The summed E-state index contributed by atoms with van der Waals surface area (Å²) in [4.78, 5) is 28.1. The quantitative estimate of drug-likeness (QED) is 0.635. The molecule has 0 radical (unpaired) electrons. The molecular formula is C14H18ClFN2O3. The Balaban J connectivity index is 3.27.